The molecule has 0 aromatic rings. The fourth-order valence-corrected chi connectivity index (χ4v) is 2.52. The molecule has 0 aromatic heterocycles. The van der Waals surface area contributed by atoms with Gasteiger partial charge in [0.1, 0.15) is 12.7 Å². The topological polar surface area (TPSA) is 66.4 Å². The van der Waals surface area contributed by atoms with Gasteiger partial charge < -0.3 is 18.9 Å². The number of allylic oxidation sites excluding steroid dienone is 2. The molecule has 1 fully saturated rings. The average molecular weight is 551 g/mol. The van der Waals surface area contributed by atoms with Crippen LogP contribution in [0, 0.1) is 11.8 Å². The van der Waals surface area contributed by atoms with E-state index in [1.165, 1.54) is 0 Å². The van der Waals surface area contributed by atoms with Crippen LogP contribution in [0.1, 0.15) is 34.6 Å². The van der Waals surface area contributed by atoms with Crippen molar-refractivity contribution in [1.29, 1.82) is 0 Å². The summed E-state index contributed by atoms with van der Waals surface area (Å²) in [5.74, 6) is 0.533. The molecule has 4 atom stereocenters. The molecule has 1 aliphatic rings. The maximum absolute atomic E-state index is 8.93. The summed E-state index contributed by atoms with van der Waals surface area (Å²) < 4.78 is 23.5. The van der Waals surface area contributed by atoms with Crippen molar-refractivity contribution in [3.8, 4) is 0 Å². The monoisotopic (exact) mass is 551 g/mol. The molecule has 4 unspecified atom stereocenters. The minimum atomic E-state index is -0.616. The second-order valence-corrected chi connectivity index (χ2v) is 7.37. The van der Waals surface area contributed by atoms with Crippen molar-refractivity contribution < 1.29 is 49.2 Å². The molecule has 0 bridgehead atoms. The normalized spacial score (nSPS) is 25.7. The summed E-state index contributed by atoms with van der Waals surface area (Å²) in [4.78, 5) is 4.34. The van der Waals surface area contributed by atoms with Crippen LogP contribution in [-0.2, 0) is 43.9 Å². The van der Waals surface area contributed by atoms with Crippen molar-refractivity contribution in [1.82, 2.24) is 0 Å². The standard InChI is InChI=1S/C19H34O6.Ir/c1-7-8-9-16-11-22-18(21-10-15(16)4)17(12-24-20)25-19(5,6)13-23-14(2)3;/h7-9,14-18,20H,1,10-13H2,2-6H3;/b9-8-;. The van der Waals surface area contributed by atoms with Crippen LogP contribution in [-0.4, -0.2) is 55.8 Å². The molecule has 7 heteroatoms. The Morgan fingerprint density at radius 1 is 1.27 bits per heavy atom. The van der Waals surface area contributed by atoms with E-state index in [-0.39, 0.29) is 38.7 Å². The van der Waals surface area contributed by atoms with Gasteiger partial charge in [0.15, 0.2) is 6.29 Å². The molecule has 0 aromatic carbocycles. The van der Waals surface area contributed by atoms with Crippen molar-refractivity contribution in [2.75, 3.05) is 26.4 Å². The Labute approximate surface area is 171 Å². The summed E-state index contributed by atoms with van der Waals surface area (Å²) in [6, 6.07) is 0. The zero-order valence-corrected chi connectivity index (χ0v) is 18.9. The zero-order valence-electron chi connectivity index (χ0n) is 16.5. The molecule has 1 saturated heterocycles. The fraction of sp³-hybridized carbons (Fsp3) is 0.789. The van der Waals surface area contributed by atoms with Gasteiger partial charge in [0.05, 0.1) is 31.5 Å². The van der Waals surface area contributed by atoms with Crippen molar-refractivity contribution >= 4 is 0 Å². The zero-order chi connectivity index (χ0) is 18.9. The van der Waals surface area contributed by atoms with Crippen molar-refractivity contribution in [2.45, 2.75) is 58.7 Å². The van der Waals surface area contributed by atoms with E-state index in [4.69, 9.17) is 24.2 Å². The molecular formula is C19H34IrO6. The third-order valence-electron chi connectivity index (χ3n) is 3.98. The Morgan fingerprint density at radius 2 is 1.92 bits per heavy atom. The molecule has 0 saturated carbocycles. The van der Waals surface area contributed by atoms with Gasteiger partial charge >= 0.3 is 0 Å². The largest absolute Gasteiger partial charge is 0.376 e. The van der Waals surface area contributed by atoms with E-state index in [9.17, 15) is 0 Å². The molecule has 1 heterocycles. The van der Waals surface area contributed by atoms with Crippen molar-refractivity contribution in [3.05, 3.63) is 24.8 Å². The SMILES string of the molecule is C=C/C=C\C1COC(C(COO)OC(C)(C)COC(C)C)OCC1C.[Ir]. The molecule has 6 nitrogen and oxygen atoms in total. The molecular weight excluding hydrogens is 516 g/mol. The Morgan fingerprint density at radius 3 is 2.50 bits per heavy atom. The predicted molar refractivity (Wildman–Crippen MR) is 96.3 cm³/mol. The van der Waals surface area contributed by atoms with Crippen molar-refractivity contribution in [2.24, 2.45) is 11.8 Å². The molecule has 0 amide bonds. The van der Waals surface area contributed by atoms with E-state index in [1.807, 2.05) is 33.8 Å². The molecule has 1 rings (SSSR count). The maximum Gasteiger partial charge on any atom is 0.186 e. The molecule has 1 N–H and O–H groups in total. The average Bonchev–Trinajstić information content (AvgIpc) is 2.72. The van der Waals surface area contributed by atoms with E-state index in [0.29, 0.717) is 25.7 Å². The van der Waals surface area contributed by atoms with Gasteiger partial charge in [-0.3, -0.25) is 5.26 Å². The van der Waals surface area contributed by atoms with Crippen LogP contribution in [0.25, 0.3) is 0 Å². The Kier molecular flexibility index (Phi) is 13.1. The first-order valence-corrected chi connectivity index (χ1v) is 8.87. The number of hydrogen-bond donors (Lipinski definition) is 1. The minimum absolute atomic E-state index is 0. The first kappa shape index (κ1) is 25.9. The first-order valence-electron chi connectivity index (χ1n) is 8.87. The van der Waals surface area contributed by atoms with Gasteiger partial charge in [0.2, 0.25) is 0 Å². The Hall–Kier alpha value is -0.111. The Balaban J connectivity index is 0.00000625. The second-order valence-electron chi connectivity index (χ2n) is 7.37. The summed E-state index contributed by atoms with van der Waals surface area (Å²) in [5.41, 5.74) is -0.569. The summed E-state index contributed by atoms with van der Waals surface area (Å²) in [7, 11) is 0. The molecule has 1 radical (unpaired) electrons. The van der Waals surface area contributed by atoms with Gasteiger partial charge in [-0.25, -0.2) is 4.89 Å². The smallest absolute Gasteiger partial charge is 0.186 e. The van der Waals surface area contributed by atoms with Gasteiger partial charge in [0.25, 0.3) is 0 Å². The van der Waals surface area contributed by atoms with E-state index in [0.717, 1.165) is 0 Å². The van der Waals surface area contributed by atoms with E-state index >= 15 is 0 Å². The van der Waals surface area contributed by atoms with Crippen molar-refractivity contribution in [3.63, 3.8) is 0 Å². The van der Waals surface area contributed by atoms with Crippen LogP contribution >= 0.6 is 0 Å². The van der Waals surface area contributed by atoms with Gasteiger partial charge in [-0.15, -0.1) is 0 Å². The van der Waals surface area contributed by atoms with Crippen LogP contribution in [0.4, 0.5) is 0 Å². The van der Waals surface area contributed by atoms with Gasteiger partial charge in [0, 0.05) is 26.0 Å². The van der Waals surface area contributed by atoms with E-state index in [2.05, 4.69) is 24.5 Å². The van der Waals surface area contributed by atoms with Gasteiger partial charge in [-0.2, -0.15) is 0 Å². The predicted octanol–water partition coefficient (Wildman–Crippen LogP) is 3.43. The second kappa shape index (κ2) is 13.1. The molecule has 0 aliphatic carbocycles. The molecule has 1 aliphatic heterocycles. The summed E-state index contributed by atoms with van der Waals surface area (Å²) in [6.07, 6.45) is 4.67. The fourth-order valence-electron chi connectivity index (χ4n) is 2.52. The van der Waals surface area contributed by atoms with Crippen LogP contribution in [0.2, 0.25) is 0 Å². The third-order valence-corrected chi connectivity index (χ3v) is 3.98. The van der Waals surface area contributed by atoms with E-state index < -0.39 is 18.0 Å². The Bertz CT molecular complexity index is 413. The molecule has 155 valence electrons. The maximum atomic E-state index is 8.93. The van der Waals surface area contributed by atoms with Gasteiger partial charge in [-0.05, 0) is 33.6 Å². The van der Waals surface area contributed by atoms with Crippen LogP contribution < -0.4 is 0 Å². The quantitative estimate of drug-likeness (QED) is 0.256. The van der Waals surface area contributed by atoms with Crippen LogP contribution in [0.15, 0.2) is 24.8 Å². The van der Waals surface area contributed by atoms with Gasteiger partial charge in [-0.1, -0.05) is 31.7 Å². The van der Waals surface area contributed by atoms with Crippen LogP contribution in [0.5, 0.6) is 0 Å². The summed E-state index contributed by atoms with van der Waals surface area (Å²) >= 11 is 0. The minimum Gasteiger partial charge on any atom is -0.376 e. The summed E-state index contributed by atoms with van der Waals surface area (Å²) in [5, 5.41) is 8.93. The number of ether oxygens (including phenoxy) is 4. The third kappa shape index (κ3) is 9.72. The van der Waals surface area contributed by atoms with E-state index in [1.54, 1.807) is 6.08 Å². The molecule has 0 spiro atoms. The summed E-state index contributed by atoms with van der Waals surface area (Å²) in [6.45, 7) is 15.0. The molecule has 26 heavy (non-hydrogen) atoms. The number of hydrogen-bond acceptors (Lipinski definition) is 6. The van der Waals surface area contributed by atoms with Crippen LogP contribution in [0.3, 0.4) is 0 Å². The number of rotatable bonds is 10. The first-order chi connectivity index (χ1) is 11.8.